The molecule has 0 spiro atoms. The van der Waals surface area contributed by atoms with Gasteiger partial charge in [0.25, 0.3) is 0 Å². The molecule has 112 valence electrons. The molecule has 0 aliphatic heterocycles. The van der Waals surface area contributed by atoms with Gasteiger partial charge in [-0.25, -0.2) is 0 Å². The van der Waals surface area contributed by atoms with Crippen LogP contribution >= 0.6 is 27.5 Å². The van der Waals surface area contributed by atoms with Gasteiger partial charge in [-0.3, -0.25) is 0 Å². The van der Waals surface area contributed by atoms with Crippen molar-refractivity contribution in [2.45, 2.75) is 19.9 Å². The van der Waals surface area contributed by atoms with Gasteiger partial charge < -0.3 is 10.1 Å². The standard InChI is InChI=1S/C17H19BrClNO/c1-4-21-16-8-5-12(18)10-15(16)17(20-3)14-7-6-13(19)9-11(14)2/h5-10,17,20H,4H2,1-3H3. The van der Waals surface area contributed by atoms with Crippen molar-refractivity contribution < 1.29 is 4.74 Å². The van der Waals surface area contributed by atoms with Crippen LogP contribution < -0.4 is 10.1 Å². The van der Waals surface area contributed by atoms with Crippen molar-refractivity contribution in [3.05, 3.63) is 62.6 Å². The van der Waals surface area contributed by atoms with Crippen LogP contribution in [-0.4, -0.2) is 13.7 Å². The molecule has 1 unspecified atom stereocenters. The molecule has 2 aromatic carbocycles. The van der Waals surface area contributed by atoms with Crippen LogP contribution in [-0.2, 0) is 0 Å². The molecule has 0 fully saturated rings. The van der Waals surface area contributed by atoms with E-state index in [2.05, 4.69) is 40.3 Å². The van der Waals surface area contributed by atoms with Crippen molar-refractivity contribution in [3.63, 3.8) is 0 Å². The summed E-state index contributed by atoms with van der Waals surface area (Å²) in [4.78, 5) is 0. The molecule has 0 aromatic heterocycles. The van der Waals surface area contributed by atoms with Crippen LogP contribution in [0.5, 0.6) is 5.75 Å². The van der Waals surface area contributed by atoms with Gasteiger partial charge in [-0.15, -0.1) is 0 Å². The van der Waals surface area contributed by atoms with E-state index < -0.39 is 0 Å². The first-order chi connectivity index (χ1) is 10.1. The lowest BCUT2D eigenvalue weighted by Crippen LogP contribution is -2.19. The molecule has 0 bridgehead atoms. The zero-order valence-corrected chi connectivity index (χ0v) is 14.8. The summed E-state index contributed by atoms with van der Waals surface area (Å²) in [5.41, 5.74) is 3.46. The number of hydrogen-bond acceptors (Lipinski definition) is 2. The number of ether oxygens (including phenoxy) is 1. The van der Waals surface area contributed by atoms with Gasteiger partial charge in [-0.2, -0.15) is 0 Å². The van der Waals surface area contributed by atoms with Gasteiger partial charge in [0.2, 0.25) is 0 Å². The molecule has 0 radical (unpaired) electrons. The molecule has 2 nitrogen and oxygen atoms in total. The van der Waals surface area contributed by atoms with Crippen molar-refractivity contribution >= 4 is 27.5 Å². The van der Waals surface area contributed by atoms with Crippen LogP contribution in [0.15, 0.2) is 40.9 Å². The number of nitrogens with one attached hydrogen (secondary N) is 1. The summed E-state index contributed by atoms with van der Waals surface area (Å²) in [6, 6.07) is 12.1. The predicted octanol–water partition coefficient (Wildman–Crippen LogP) is 5.12. The van der Waals surface area contributed by atoms with Crippen LogP contribution in [0.1, 0.15) is 29.7 Å². The topological polar surface area (TPSA) is 21.3 Å². The van der Waals surface area contributed by atoms with Gasteiger partial charge in [-0.1, -0.05) is 33.6 Å². The van der Waals surface area contributed by atoms with E-state index in [1.807, 2.05) is 38.2 Å². The SMILES string of the molecule is CCOc1ccc(Br)cc1C(NC)c1ccc(Cl)cc1C. The monoisotopic (exact) mass is 367 g/mol. The molecule has 0 amide bonds. The summed E-state index contributed by atoms with van der Waals surface area (Å²) in [5, 5.41) is 4.13. The molecule has 0 aliphatic carbocycles. The average Bonchev–Trinajstić information content (AvgIpc) is 2.45. The summed E-state index contributed by atoms with van der Waals surface area (Å²) in [6.07, 6.45) is 0. The summed E-state index contributed by atoms with van der Waals surface area (Å²) in [6.45, 7) is 4.71. The third-order valence-electron chi connectivity index (χ3n) is 3.41. The fourth-order valence-corrected chi connectivity index (χ4v) is 3.08. The largest absolute Gasteiger partial charge is 0.494 e. The van der Waals surface area contributed by atoms with Gasteiger partial charge in [0.05, 0.1) is 12.6 Å². The first-order valence-corrected chi connectivity index (χ1v) is 8.09. The van der Waals surface area contributed by atoms with Gasteiger partial charge in [0.1, 0.15) is 5.75 Å². The first kappa shape index (κ1) is 16.3. The fraction of sp³-hybridized carbons (Fsp3) is 0.294. The minimum atomic E-state index is 0.0568. The van der Waals surface area contributed by atoms with E-state index in [4.69, 9.17) is 16.3 Å². The Bertz CT molecular complexity index is 630. The van der Waals surface area contributed by atoms with E-state index in [-0.39, 0.29) is 6.04 Å². The molecular weight excluding hydrogens is 350 g/mol. The van der Waals surface area contributed by atoms with E-state index in [1.165, 1.54) is 5.56 Å². The summed E-state index contributed by atoms with van der Waals surface area (Å²) in [5.74, 6) is 0.898. The predicted molar refractivity (Wildman–Crippen MR) is 92.4 cm³/mol. The Morgan fingerprint density at radius 2 is 1.95 bits per heavy atom. The third-order valence-corrected chi connectivity index (χ3v) is 4.14. The maximum atomic E-state index is 6.06. The zero-order valence-electron chi connectivity index (χ0n) is 12.4. The fourth-order valence-electron chi connectivity index (χ4n) is 2.47. The van der Waals surface area contributed by atoms with E-state index in [9.17, 15) is 0 Å². The quantitative estimate of drug-likeness (QED) is 0.791. The van der Waals surface area contributed by atoms with Crippen LogP contribution in [0, 0.1) is 6.92 Å². The minimum Gasteiger partial charge on any atom is -0.494 e. The van der Waals surface area contributed by atoms with Gasteiger partial charge in [-0.05, 0) is 62.4 Å². The molecular formula is C17H19BrClNO. The molecule has 0 saturated heterocycles. The van der Waals surface area contributed by atoms with Crippen molar-refractivity contribution in [2.24, 2.45) is 0 Å². The van der Waals surface area contributed by atoms with Gasteiger partial charge >= 0.3 is 0 Å². The molecule has 21 heavy (non-hydrogen) atoms. The van der Waals surface area contributed by atoms with Crippen LogP contribution in [0.4, 0.5) is 0 Å². The van der Waals surface area contributed by atoms with Crippen LogP contribution in [0.2, 0.25) is 5.02 Å². The molecule has 1 N–H and O–H groups in total. The van der Waals surface area contributed by atoms with Crippen molar-refractivity contribution in [1.29, 1.82) is 0 Å². The highest BCUT2D eigenvalue weighted by Gasteiger charge is 2.19. The van der Waals surface area contributed by atoms with Crippen molar-refractivity contribution in [1.82, 2.24) is 5.32 Å². The number of aryl methyl sites for hydroxylation is 1. The Labute approximate surface area is 139 Å². The molecule has 0 saturated carbocycles. The Hall–Kier alpha value is -1.03. The van der Waals surface area contributed by atoms with Crippen LogP contribution in [0.3, 0.4) is 0 Å². The summed E-state index contributed by atoms with van der Waals surface area (Å²) < 4.78 is 6.81. The summed E-state index contributed by atoms with van der Waals surface area (Å²) in [7, 11) is 1.95. The molecule has 0 heterocycles. The Kier molecular flexibility index (Phi) is 5.68. The maximum absolute atomic E-state index is 6.06. The lowest BCUT2D eigenvalue weighted by molar-refractivity contribution is 0.334. The second-order valence-electron chi connectivity index (χ2n) is 4.84. The summed E-state index contributed by atoms with van der Waals surface area (Å²) >= 11 is 9.61. The lowest BCUT2D eigenvalue weighted by atomic mass is 9.94. The highest BCUT2D eigenvalue weighted by atomic mass is 79.9. The Balaban J connectivity index is 2.52. The Morgan fingerprint density at radius 3 is 2.57 bits per heavy atom. The normalized spacial score (nSPS) is 12.2. The highest BCUT2D eigenvalue weighted by Crippen LogP contribution is 2.34. The van der Waals surface area contributed by atoms with Crippen molar-refractivity contribution in [3.8, 4) is 5.75 Å². The number of rotatable bonds is 5. The second-order valence-corrected chi connectivity index (χ2v) is 6.19. The van der Waals surface area contributed by atoms with Gasteiger partial charge in [0, 0.05) is 15.1 Å². The molecule has 1 atom stereocenters. The molecule has 2 rings (SSSR count). The van der Waals surface area contributed by atoms with E-state index in [0.29, 0.717) is 6.61 Å². The van der Waals surface area contributed by atoms with Crippen LogP contribution in [0.25, 0.3) is 0 Å². The average molecular weight is 369 g/mol. The number of hydrogen-bond donors (Lipinski definition) is 1. The minimum absolute atomic E-state index is 0.0568. The second kappa shape index (κ2) is 7.30. The maximum Gasteiger partial charge on any atom is 0.124 e. The van der Waals surface area contributed by atoms with E-state index >= 15 is 0 Å². The highest BCUT2D eigenvalue weighted by molar-refractivity contribution is 9.10. The number of halogens is 2. The van der Waals surface area contributed by atoms with E-state index in [1.54, 1.807) is 0 Å². The first-order valence-electron chi connectivity index (χ1n) is 6.92. The van der Waals surface area contributed by atoms with E-state index in [0.717, 1.165) is 26.4 Å². The zero-order chi connectivity index (χ0) is 15.4. The van der Waals surface area contributed by atoms with Gasteiger partial charge in [0.15, 0.2) is 0 Å². The number of benzene rings is 2. The van der Waals surface area contributed by atoms with Crippen molar-refractivity contribution in [2.75, 3.05) is 13.7 Å². The lowest BCUT2D eigenvalue weighted by Gasteiger charge is -2.22. The third kappa shape index (κ3) is 3.79. The molecule has 0 aliphatic rings. The smallest absolute Gasteiger partial charge is 0.124 e. The Morgan fingerprint density at radius 1 is 1.19 bits per heavy atom. The molecule has 4 heteroatoms. The molecule has 2 aromatic rings.